The first-order chi connectivity index (χ1) is 9.51. The van der Waals surface area contributed by atoms with Crippen molar-refractivity contribution in [3.05, 3.63) is 56.7 Å². The highest BCUT2D eigenvalue weighted by atomic mass is 79.9. The Labute approximate surface area is 132 Å². The van der Waals surface area contributed by atoms with Crippen LogP contribution in [0.5, 0.6) is 5.75 Å². The maximum atomic E-state index is 13.4. The molecular weight excluding hydrogens is 393 g/mol. The lowest BCUT2D eigenvalue weighted by molar-refractivity contribution is 0.102. The number of ether oxygens (including phenoxy) is 1. The summed E-state index contributed by atoms with van der Waals surface area (Å²) in [6.07, 6.45) is 0. The zero-order valence-corrected chi connectivity index (χ0v) is 13.6. The fourth-order valence-electron chi connectivity index (χ4n) is 1.58. The van der Waals surface area contributed by atoms with Crippen molar-refractivity contribution in [1.82, 2.24) is 0 Å². The maximum absolute atomic E-state index is 13.4. The number of hydrogen-bond acceptors (Lipinski definition) is 2. The second-order valence-corrected chi connectivity index (χ2v) is 5.64. The number of halogens is 3. The summed E-state index contributed by atoms with van der Waals surface area (Å²) >= 11 is 6.36. The van der Waals surface area contributed by atoms with Crippen LogP contribution in [0, 0.1) is 5.82 Å². The van der Waals surface area contributed by atoms with Crippen molar-refractivity contribution in [1.29, 1.82) is 0 Å². The van der Waals surface area contributed by atoms with E-state index < -0.39 is 5.82 Å². The minimum Gasteiger partial charge on any atom is -0.497 e. The van der Waals surface area contributed by atoms with E-state index in [9.17, 15) is 9.18 Å². The van der Waals surface area contributed by atoms with Gasteiger partial charge in [0.25, 0.3) is 5.91 Å². The van der Waals surface area contributed by atoms with Gasteiger partial charge in [-0.2, -0.15) is 0 Å². The molecule has 0 bridgehead atoms. The maximum Gasteiger partial charge on any atom is 0.256 e. The van der Waals surface area contributed by atoms with Crippen LogP contribution >= 0.6 is 31.9 Å². The van der Waals surface area contributed by atoms with Gasteiger partial charge in [0.15, 0.2) is 0 Å². The summed E-state index contributed by atoms with van der Waals surface area (Å²) in [5.41, 5.74) is 0.790. The van der Waals surface area contributed by atoms with Crippen LogP contribution in [0.25, 0.3) is 0 Å². The van der Waals surface area contributed by atoms with Crippen LogP contribution in [0.2, 0.25) is 0 Å². The Morgan fingerprint density at radius 2 is 1.85 bits per heavy atom. The number of methoxy groups -OCH3 is 1. The van der Waals surface area contributed by atoms with Gasteiger partial charge in [-0.05, 0) is 68.3 Å². The lowest BCUT2D eigenvalue weighted by Crippen LogP contribution is -2.12. The number of anilines is 1. The molecule has 20 heavy (non-hydrogen) atoms. The molecule has 0 aromatic heterocycles. The van der Waals surface area contributed by atoms with Gasteiger partial charge in [0.1, 0.15) is 11.6 Å². The van der Waals surface area contributed by atoms with Crippen LogP contribution in [0.15, 0.2) is 45.3 Å². The van der Waals surface area contributed by atoms with E-state index in [0.717, 1.165) is 0 Å². The molecule has 2 aromatic rings. The third-order valence-corrected chi connectivity index (χ3v) is 3.93. The molecule has 1 N–H and O–H groups in total. The van der Waals surface area contributed by atoms with Gasteiger partial charge in [-0.1, -0.05) is 0 Å². The van der Waals surface area contributed by atoms with Crippen molar-refractivity contribution in [3.63, 3.8) is 0 Å². The molecule has 0 aliphatic carbocycles. The van der Waals surface area contributed by atoms with Gasteiger partial charge in [-0.3, -0.25) is 4.79 Å². The normalized spacial score (nSPS) is 10.2. The van der Waals surface area contributed by atoms with Gasteiger partial charge >= 0.3 is 0 Å². The first-order valence-corrected chi connectivity index (χ1v) is 7.20. The predicted molar refractivity (Wildman–Crippen MR) is 82.7 cm³/mol. The molecule has 0 fully saturated rings. The highest BCUT2D eigenvalue weighted by Crippen LogP contribution is 2.24. The van der Waals surface area contributed by atoms with Crippen LogP contribution in [0.1, 0.15) is 10.4 Å². The number of carbonyl (C=O) groups is 1. The van der Waals surface area contributed by atoms with E-state index in [2.05, 4.69) is 37.2 Å². The highest BCUT2D eigenvalue weighted by molar-refractivity contribution is 9.10. The minimum atomic E-state index is -0.437. The Kier molecular flexibility index (Phi) is 4.77. The second kappa shape index (κ2) is 6.37. The largest absolute Gasteiger partial charge is 0.497 e. The monoisotopic (exact) mass is 401 g/mol. The van der Waals surface area contributed by atoms with Crippen molar-refractivity contribution in [2.75, 3.05) is 12.4 Å². The fourth-order valence-corrected chi connectivity index (χ4v) is 2.25. The molecule has 3 nitrogen and oxygen atoms in total. The Bertz CT molecular complexity index is 662. The summed E-state index contributed by atoms with van der Waals surface area (Å²) in [6.45, 7) is 0. The van der Waals surface area contributed by atoms with E-state index >= 15 is 0 Å². The number of carbonyl (C=O) groups excluding carboxylic acids is 1. The zero-order valence-electron chi connectivity index (χ0n) is 10.4. The highest BCUT2D eigenvalue weighted by Gasteiger charge is 2.12. The van der Waals surface area contributed by atoms with E-state index in [-0.39, 0.29) is 5.91 Å². The standard InChI is InChI=1S/C14H10Br2FNO2/c1-20-9-3-5-11(15)10(7-9)14(19)18-8-2-4-12(16)13(17)6-8/h2-7H,1H3,(H,18,19). The van der Waals surface area contributed by atoms with Crippen molar-refractivity contribution in [2.24, 2.45) is 0 Å². The average molecular weight is 403 g/mol. The SMILES string of the molecule is COc1ccc(Br)c(C(=O)Nc2ccc(Br)c(F)c2)c1. The third-order valence-electron chi connectivity index (χ3n) is 2.60. The average Bonchev–Trinajstić information content (AvgIpc) is 2.43. The minimum absolute atomic E-state index is 0.345. The summed E-state index contributed by atoms with van der Waals surface area (Å²) in [6, 6.07) is 9.45. The molecule has 0 spiro atoms. The van der Waals surface area contributed by atoms with Gasteiger partial charge in [-0.25, -0.2) is 4.39 Å². The number of nitrogens with one attached hydrogen (secondary N) is 1. The van der Waals surface area contributed by atoms with Crippen LogP contribution in [0.4, 0.5) is 10.1 Å². The Hall–Kier alpha value is -1.40. The van der Waals surface area contributed by atoms with Gasteiger partial charge in [0.2, 0.25) is 0 Å². The first kappa shape index (κ1) is 15.0. The van der Waals surface area contributed by atoms with E-state index in [1.165, 1.54) is 19.2 Å². The van der Waals surface area contributed by atoms with Crippen LogP contribution in [-0.4, -0.2) is 13.0 Å². The Balaban J connectivity index is 2.25. The third kappa shape index (κ3) is 3.37. The summed E-state index contributed by atoms with van der Waals surface area (Å²) in [5, 5.41) is 2.63. The smallest absolute Gasteiger partial charge is 0.256 e. The lowest BCUT2D eigenvalue weighted by Gasteiger charge is -2.09. The molecule has 6 heteroatoms. The number of rotatable bonds is 3. The van der Waals surface area contributed by atoms with Crippen LogP contribution < -0.4 is 10.1 Å². The number of benzene rings is 2. The molecular formula is C14H10Br2FNO2. The van der Waals surface area contributed by atoms with E-state index in [4.69, 9.17) is 4.74 Å². The zero-order chi connectivity index (χ0) is 14.7. The Morgan fingerprint density at radius 3 is 2.50 bits per heavy atom. The van der Waals surface area contributed by atoms with Crippen molar-refractivity contribution < 1.29 is 13.9 Å². The van der Waals surface area contributed by atoms with E-state index in [1.54, 1.807) is 24.3 Å². The van der Waals surface area contributed by atoms with Gasteiger partial charge < -0.3 is 10.1 Å². The van der Waals surface area contributed by atoms with Crippen molar-refractivity contribution >= 4 is 43.5 Å². The molecule has 104 valence electrons. The summed E-state index contributed by atoms with van der Waals surface area (Å²) in [5.74, 6) is -0.217. The molecule has 0 radical (unpaired) electrons. The molecule has 0 atom stereocenters. The molecule has 0 aliphatic rings. The van der Waals surface area contributed by atoms with Crippen LogP contribution in [0.3, 0.4) is 0 Å². The lowest BCUT2D eigenvalue weighted by atomic mass is 10.2. The van der Waals surface area contributed by atoms with Gasteiger partial charge in [0, 0.05) is 10.2 Å². The predicted octanol–water partition coefficient (Wildman–Crippen LogP) is 4.61. The van der Waals surface area contributed by atoms with E-state index in [1.807, 2.05) is 0 Å². The fraction of sp³-hybridized carbons (Fsp3) is 0.0714. The topological polar surface area (TPSA) is 38.3 Å². The summed E-state index contributed by atoms with van der Waals surface area (Å²) in [4.78, 5) is 12.2. The molecule has 2 aromatic carbocycles. The summed E-state index contributed by atoms with van der Waals surface area (Å²) < 4.78 is 19.5. The molecule has 2 rings (SSSR count). The molecule has 0 saturated heterocycles. The summed E-state index contributed by atoms with van der Waals surface area (Å²) in [7, 11) is 1.52. The Morgan fingerprint density at radius 1 is 1.15 bits per heavy atom. The van der Waals surface area contributed by atoms with Crippen LogP contribution in [-0.2, 0) is 0 Å². The quantitative estimate of drug-likeness (QED) is 0.813. The van der Waals surface area contributed by atoms with Crippen molar-refractivity contribution in [3.8, 4) is 5.75 Å². The van der Waals surface area contributed by atoms with Gasteiger partial charge in [0.05, 0.1) is 17.1 Å². The molecule has 1 amide bonds. The first-order valence-electron chi connectivity index (χ1n) is 5.61. The molecule has 0 aliphatic heterocycles. The second-order valence-electron chi connectivity index (χ2n) is 3.93. The molecule has 0 saturated carbocycles. The molecule has 0 heterocycles. The number of hydrogen-bond donors (Lipinski definition) is 1. The number of amides is 1. The van der Waals surface area contributed by atoms with Crippen molar-refractivity contribution in [2.45, 2.75) is 0 Å². The molecule has 0 unspecified atom stereocenters. The van der Waals surface area contributed by atoms with Gasteiger partial charge in [-0.15, -0.1) is 0 Å². The van der Waals surface area contributed by atoms with E-state index in [0.29, 0.717) is 25.9 Å².